The van der Waals surface area contributed by atoms with Gasteiger partial charge in [-0.3, -0.25) is 9.59 Å². The molecule has 18 heavy (non-hydrogen) atoms. The van der Waals surface area contributed by atoms with E-state index in [1.807, 2.05) is 12.1 Å². The Balaban J connectivity index is 2.19. The molecule has 96 valence electrons. The summed E-state index contributed by atoms with van der Waals surface area (Å²) in [5.74, 6) is 0.00497. The molecule has 4 heteroatoms. The Morgan fingerprint density at radius 2 is 2.22 bits per heavy atom. The second-order valence-corrected chi connectivity index (χ2v) is 4.62. The summed E-state index contributed by atoms with van der Waals surface area (Å²) >= 11 is 0. The first kappa shape index (κ1) is 12.6. The number of hydrogen-bond donors (Lipinski definition) is 1. The number of benzene rings is 1. The lowest BCUT2D eigenvalue weighted by Crippen LogP contribution is -2.21. The molecule has 0 radical (unpaired) electrons. The average molecular weight is 248 g/mol. The summed E-state index contributed by atoms with van der Waals surface area (Å²) in [4.78, 5) is 22.7. The van der Waals surface area contributed by atoms with Gasteiger partial charge in [0.1, 0.15) is 5.75 Å². The minimum Gasteiger partial charge on any atom is -0.496 e. The van der Waals surface area contributed by atoms with Crippen LogP contribution in [-0.4, -0.2) is 24.0 Å². The largest absolute Gasteiger partial charge is 0.496 e. The average Bonchev–Trinajstić information content (AvgIpc) is 2.35. The van der Waals surface area contributed by atoms with Crippen LogP contribution in [0.5, 0.6) is 5.75 Å². The van der Waals surface area contributed by atoms with E-state index in [0.29, 0.717) is 24.2 Å². The van der Waals surface area contributed by atoms with Crippen molar-refractivity contribution in [2.24, 2.45) is 5.92 Å². The number of rotatable bonds is 4. The molecule has 0 saturated carbocycles. The summed E-state index contributed by atoms with van der Waals surface area (Å²) in [6.45, 7) is 0. The van der Waals surface area contributed by atoms with E-state index in [-0.39, 0.29) is 18.1 Å². The number of carboxylic acid groups (broad SMARTS) is 1. The van der Waals surface area contributed by atoms with Gasteiger partial charge >= 0.3 is 5.97 Å². The molecule has 0 fully saturated rings. The highest BCUT2D eigenvalue weighted by molar-refractivity contribution is 6.01. The van der Waals surface area contributed by atoms with E-state index in [1.54, 1.807) is 13.2 Å². The van der Waals surface area contributed by atoms with Crippen molar-refractivity contribution in [3.05, 3.63) is 29.3 Å². The van der Waals surface area contributed by atoms with Crippen molar-refractivity contribution < 1.29 is 19.4 Å². The number of Topliss-reactive ketones (excluding diaryl/α,β-unsaturated/α-hetero) is 1. The molecule has 1 aromatic carbocycles. The number of ether oxygens (including phenoxy) is 1. The van der Waals surface area contributed by atoms with Gasteiger partial charge < -0.3 is 9.84 Å². The molecule has 1 atom stereocenters. The van der Waals surface area contributed by atoms with E-state index in [4.69, 9.17) is 9.84 Å². The smallest absolute Gasteiger partial charge is 0.303 e. The zero-order chi connectivity index (χ0) is 13.1. The molecule has 1 aliphatic rings. The maximum Gasteiger partial charge on any atom is 0.303 e. The van der Waals surface area contributed by atoms with Crippen LogP contribution >= 0.6 is 0 Å². The van der Waals surface area contributed by atoms with Gasteiger partial charge in [-0.15, -0.1) is 0 Å². The molecule has 0 aromatic heterocycles. The van der Waals surface area contributed by atoms with Crippen LogP contribution in [0.15, 0.2) is 18.2 Å². The maximum absolute atomic E-state index is 12.1. The molecule has 0 amide bonds. The second kappa shape index (κ2) is 5.21. The fraction of sp³-hybridized carbons (Fsp3) is 0.429. The highest BCUT2D eigenvalue weighted by Crippen LogP contribution is 2.33. The summed E-state index contributed by atoms with van der Waals surface area (Å²) < 4.78 is 5.20. The Morgan fingerprint density at radius 1 is 1.44 bits per heavy atom. The number of methoxy groups -OCH3 is 1. The lowest BCUT2D eigenvalue weighted by molar-refractivity contribution is -0.137. The third kappa shape index (κ3) is 2.53. The molecule has 0 aliphatic heterocycles. The topological polar surface area (TPSA) is 63.6 Å². The molecular formula is C14H16O4. The standard InChI is InChI=1S/C14H16O4/c1-18-12-4-2-3-10-7-9(5-6-13(16)17)8-11(15)14(10)12/h2-4,9H,5-8H2,1H3,(H,16,17). The van der Waals surface area contributed by atoms with E-state index < -0.39 is 5.97 Å². The highest BCUT2D eigenvalue weighted by atomic mass is 16.5. The molecule has 1 unspecified atom stereocenters. The number of carbonyl (C=O) groups excluding carboxylic acids is 1. The minimum atomic E-state index is -0.807. The van der Waals surface area contributed by atoms with Gasteiger partial charge in [0.05, 0.1) is 12.7 Å². The first-order valence-electron chi connectivity index (χ1n) is 6.02. The highest BCUT2D eigenvalue weighted by Gasteiger charge is 2.27. The van der Waals surface area contributed by atoms with Gasteiger partial charge in [-0.2, -0.15) is 0 Å². The number of aliphatic carboxylic acids is 1. The van der Waals surface area contributed by atoms with Crippen molar-refractivity contribution in [1.29, 1.82) is 0 Å². The number of hydrogen-bond acceptors (Lipinski definition) is 3. The van der Waals surface area contributed by atoms with Crippen LogP contribution in [0.4, 0.5) is 0 Å². The van der Waals surface area contributed by atoms with E-state index in [9.17, 15) is 9.59 Å². The molecular weight excluding hydrogens is 232 g/mol. The van der Waals surface area contributed by atoms with Crippen molar-refractivity contribution in [2.75, 3.05) is 7.11 Å². The molecule has 0 spiro atoms. The molecule has 2 rings (SSSR count). The van der Waals surface area contributed by atoms with Crippen molar-refractivity contribution in [3.63, 3.8) is 0 Å². The maximum atomic E-state index is 12.1. The molecule has 0 bridgehead atoms. The van der Waals surface area contributed by atoms with Gasteiger partial charge in [-0.25, -0.2) is 0 Å². The lowest BCUT2D eigenvalue weighted by atomic mass is 9.80. The lowest BCUT2D eigenvalue weighted by Gasteiger charge is -2.24. The fourth-order valence-corrected chi connectivity index (χ4v) is 2.51. The van der Waals surface area contributed by atoms with Crippen LogP contribution in [0.25, 0.3) is 0 Å². The Bertz CT molecular complexity index is 479. The van der Waals surface area contributed by atoms with Gasteiger partial charge in [0.15, 0.2) is 5.78 Å². The number of carboxylic acids is 1. The summed E-state index contributed by atoms with van der Waals surface area (Å²) in [5.41, 5.74) is 1.65. The second-order valence-electron chi connectivity index (χ2n) is 4.62. The van der Waals surface area contributed by atoms with Crippen molar-refractivity contribution in [2.45, 2.75) is 25.7 Å². The number of ketones is 1. The molecule has 1 aromatic rings. The van der Waals surface area contributed by atoms with Crippen molar-refractivity contribution >= 4 is 11.8 Å². The molecule has 4 nitrogen and oxygen atoms in total. The monoisotopic (exact) mass is 248 g/mol. The van der Waals surface area contributed by atoms with Gasteiger partial charge in [0, 0.05) is 12.8 Å². The van der Waals surface area contributed by atoms with Gasteiger partial charge in [0.25, 0.3) is 0 Å². The van der Waals surface area contributed by atoms with Gasteiger partial charge in [-0.1, -0.05) is 12.1 Å². The third-order valence-electron chi connectivity index (χ3n) is 3.36. The van der Waals surface area contributed by atoms with E-state index in [1.165, 1.54) is 0 Å². The normalized spacial score (nSPS) is 18.3. The van der Waals surface area contributed by atoms with Gasteiger partial charge in [0.2, 0.25) is 0 Å². The summed E-state index contributed by atoms with van der Waals surface area (Å²) in [7, 11) is 1.55. The van der Waals surface area contributed by atoms with Crippen LogP contribution in [0.2, 0.25) is 0 Å². The Hall–Kier alpha value is -1.84. The third-order valence-corrected chi connectivity index (χ3v) is 3.36. The molecule has 1 N–H and O–H groups in total. The first-order chi connectivity index (χ1) is 8.61. The Morgan fingerprint density at radius 3 is 2.89 bits per heavy atom. The number of fused-ring (bicyclic) bond motifs is 1. The fourth-order valence-electron chi connectivity index (χ4n) is 2.51. The summed E-state index contributed by atoms with van der Waals surface area (Å²) in [5, 5.41) is 8.68. The first-order valence-corrected chi connectivity index (χ1v) is 6.02. The summed E-state index contributed by atoms with van der Waals surface area (Å²) in [6.07, 6.45) is 1.85. The molecule has 0 heterocycles. The molecule has 0 saturated heterocycles. The number of carbonyl (C=O) groups is 2. The zero-order valence-electron chi connectivity index (χ0n) is 10.3. The van der Waals surface area contributed by atoms with E-state index >= 15 is 0 Å². The van der Waals surface area contributed by atoms with Crippen molar-refractivity contribution in [1.82, 2.24) is 0 Å². The van der Waals surface area contributed by atoms with Crippen LogP contribution in [-0.2, 0) is 11.2 Å². The van der Waals surface area contributed by atoms with Crippen LogP contribution in [0.3, 0.4) is 0 Å². The van der Waals surface area contributed by atoms with E-state index in [2.05, 4.69) is 0 Å². The quantitative estimate of drug-likeness (QED) is 0.888. The van der Waals surface area contributed by atoms with Crippen LogP contribution in [0, 0.1) is 5.92 Å². The summed E-state index contributed by atoms with van der Waals surface area (Å²) in [6, 6.07) is 5.57. The predicted octanol–water partition coefficient (Wildman–Crippen LogP) is 2.31. The Kier molecular flexibility index (Phi) is 3.65. The zero-order valence-corrected chi connectivity index (χ0v) is 10.3. The predicted molar refractivity (Wildman–Crippen MR) is 66.0 cm³/mol. The Labute approximate surface area is 106 Å². The molecule has 1 aliphatic carbocycles. The van der Waals surface area contributed by atoms with Crippen molar-refractivity contribution in [3.8, 4) is 5.75 Å². The van der Waals surface area contributed by atoms with E-state index in [0.717, 1.165) is 12.0 Å². The van der Waals surface area contributed by atoms with Crippen LogP contribution in [0.1, 0.15) is 35.2 Å². The van der Waals surface area contributed by atoms with Crippen LogP contribution < -0.4 is 4.74 Å². The minimum absolute atomic E-state index is 0.0593. The SMILES string of the molecule is COc1cccc2c1C(=O)CC(CCC(=O)O)C2. The van der Waals surface area contributed by atoms with Gasteiger partial charge in [-0.05, 0) is 30.4 Å².